The van der Waals surface area contributed by atoms with Crippen molar-refractivity contribution in [2.45, 2.75) is 6.10 Å². The van der Waals surface area contributed by atoms with Gasteiger partial charge in [0.25, 0.3) is 5.91 Å². The lowest BCUT2D eigenvalue weighted by Crippen LogP contribution is -2.40. The van der Waals surface area contributed by atoms with Crippen LogP contribution in [0.4, 0.5) is 0 Å². The number of ether oxygens (including phenoxy) is 5. The van der Waals surface area contributed by atoms with Gasteiger partial charge in [0.05, 0.1) is 20.8 Å². The predicted molar refractivity (Wildman–Crippen MR) is 110 cm³/mol. The molecule has 1 unspecified atom stereocenters. The van der Waals surface area contributed by atoms with Crippen LogP contribution in [-0.2, 0) is 4.79 Å². The number of hydrogen-bond donors (Lipinski definition) is 2. The van der Waals surface area contributed by atoms with Gasteiger partial charge in [0.15, 0.2) is 17.6 Å². The first kappa shape index (κ1) is 22.7. The molecule has 0 bridgehead atoms. The van der Waals surface area contributed by atoms with Gasteiger partial charge in [-0.1, -0.05) is 5.92 Å². The largest absolute Gasteiger partial charge is 0.497 e. The Morgan fingerprint density at radius 1 is 1.00 bits per heavy atom. The van der Waals surface area contributed by atoms with Crippen LogP contribution in [0.1, 0.15) is 0 Å². The zero-order valence-corrected chi connectivity index (χ0v) is 16.9. The van der Waals surface area contributed by atoms with Crippen LogP contribution in [0.2, 0.25) is 0 Å². The van der Waals surface area contributed by atoms with E-state index in [1.165, 1.54) is 7.11 Å². The van der Waals surface area contributed by atoms with Gasteiger partial charge in [0.2, 0.25) is 0 Å². The molecule has 0 saturated heterocycles. The summed E-state index contributed by atoms with van der Waals surface area (Å²) in [6, 6.07) is 11.9. The average molecular weight is 415 g/mol. The van der Waals surface area contributed by atoms with Crippen LogP contribution in [0.25, 0.3) is 0 Å². The molecule has 2 aromatic carbocycles. The minimum Gasteiger partial charge on any atom is -0.497 e. The lowest BCUT2D eigenvalue weighted by atomic mass is 10.3. The number of aliphatic hydroxyl groups is 1. The van der Waals surface area contributed by atoms with Gasteiger partial charge in [-0.05, 0) is 36.4 Å². The highest BCUT2D eigenvalue weighted by molar-refractivity contribution is 5.80. The van der Waals surface area contributed by atoms with Crippen LogP contribution >= 0.6 is 0 Å². The van der Waals surface area contributed by atoms with Crippen molar-refractivity contribution in [1.82, 2.24) is 5.32 Å². The molecule has 0 aliphatic heterocycles. The molecule has 0 spiro atoms. The van der Waals surface area contributed by atoms with Crippen LogP contribution < -0.4 is 29.0 Å². The lowest BCUT2D eigenvalue weighted by molar-refractivity contribution is -0.130. The number of terminal acetylenes is 1. The summed E-state index contributed by atoms with van der Waals surface area (Å²) >= 11 is 0. The Balaban J connectivity index is 1.71. The molecule has 30 heavy (non-hydrogen) atoms. The van der Waals surface area contributed by atoms with Gasteiger partial charge in [-0.3, -0.25) is 4.79 Å². The molecular formula is C22H25NO7. The maximum absolute atomic E-state index is 12.0. The first-order valence-corrected chi connectivity index (χ1v) is 9.17. The molecule has 8 nitrogen and oxygen atoms in total. The summed E-state index contributed by atoms with van der Waals surface area (Å²) in [5, 5.41) is 12.5. The van der Waals surface area contributed by atoms with Gasteiger partial charge < -0.3 is 34.1 Å². The highest BCUT2D eigenvalue weighted by Gasteiger charge is 2.15. The fourth-order valence-corrected chi connectivity index (χ4v) is 2.36. The molecule has 0 aliphatic carbocycles. The minimum absolute atomic E-state index is 0.132. The number of benzene rings is 2. The molecule has 1 amide bonds. The van der Waals surface area contributed by atoms with Crippen LogP contribution in [0.3, 0.4) is 0 Å². The van der Waals surface area contributed by atoms with Crippen molar-refractivity contribution in [2.75, 3.05) is 40.6 Å². The van der Waals surface area contributed by atoms with Crippen molar-refractivity contribution in [3.05, 3.63) is 42.5 Å². The zero-order chi connectivity index (χ0) is 21.8. The van der Waals surface area contributed by atoms with E-state index in [1.54, 1.807) is 49.6 Å². The zero-order valence-electron chi connectivity index (χ0n) is 16.9. The predicted octanol–water partition coefficient (Wildman–Crippen LogP) is 1.65. The Labute approximate surface area is 175 Å². The monoisotopic (exact) mass is 415 g/mol. The smallest absolute Gasteiger partial charge is 0.252 e. The fourth-order valence-electron chi connectivity index (χ4n) is 2.36. The van der Waals surface area contributed by atoms with Crippen molar-refractivity contribution < 1.29 is 33.6 Å². The second-order valence-corrected chi connectivity index (χ2v) is 5.95. The van der Waals surface area contributed by atoms with Gasteiger partial charge in [0, 0.05) is 6.07 Å². The highest BCUT2D eigenvalue weighted by atomic mass is 16.5. The lowest BCUT2D eigenvalue weighted by Gasteiger charge is -2.14. The molecular weight excluding hydrogens is 390 g/mol. The third-order valence-electron chi connectivity index (χ3n) is 3.89. The molecule has 1 atom stereocenters. The molecule has 0 heterocycles. The fraction of sp³-hybridized carbons (Fsp3) is 0.318. The van der Waals surface area contributed by atoms with Gasteiger partial charge in [-0.15, -0.1) is 6.42 Å². The van der Waals surface area contributed by atoms with E-state index in [2.05, 4.69) is 11.2 Å². The van der Waals surface area contributed by atoms with Crippen molar-refractivity contribution >= 4 is 5.91 Å². The second kappa shape index (κ2) is 12.1. The maximum Gasteiger partial charge on any atom is 0.252 e. The number of hydrogen-bond acceptors (Lipinski definition) is 7. The van der Waals surface area contributed by atoms with Crippen molar-refractivity contribution in [1.29, 1.82) is 0 Å². The van der Waals surface area contributed by atoms with Crippen LogP contribution in [0.5, 0.6) is 28.7 Å². The van der Waals surface area contributed by atoms with Gasteiger partial charge in [-0.2, -0.15) is 0 Å². The molecule has 0 saturated carbocycles. The topological polar surface area (TPSA) is 95.5 Å². The third-order valence-corrected chi connectivity index (χ3v) is 3.89. The van der Waals surface area contributed by atoms with Gasteiger partial charge >= 0.3 is 0 Å². The number of rotatable bonds is 12. The molecule has 2 aromatic rings. The van der Waals surface area contributed by atoms with Crippen molar-refractivity contribution in [2.24, 2.45) is 0 Å². The van der Waals surface area contributed by atoms with Crippen LogP contribution in [-0.4, -0.2) is 57.7 Å². The highest BCUT2D eigenvalue weighted by Crippen LogP contribution is 2.31. The van der Waals surface area contributed by atoms with E-state index in [4.69, 9.17) is 30.1 Å². The van der Waals surface area contributed by atoms with E-state index in [0.717, 1.165) is 0 Å². The van der Waals surface area contributed by atoms with E-state index in [0.29, 0.717) is 28.7 Å². The summed E-state index contributed by atoms with van der Waals surface area (Å²) in [5.74, 6) is 4.57. The second-order valence-electron chi connectivity index (χ2n) is 5.95. The summed E-state index contributed by atoms with van der Waals surface area (Å²) < 4.78 is 26.6. The first-order chi connectivity index (χ1) is 14.6. The third kappa shape index (κ3) is 7.11. The molecule has 160 valence electrons. The number of methoxy groups -OCH3 is 2. The van der Waals surface area contributed by atoms with E-state index in [-0.39, 0.29) is 26.4 Å². The number of aliphatic hydroxyl groups excluding tert-OH is 1. The Hall–Kier alpha value is -3.57. The van der Waals surface area contributed by atoms with Gasteiger partial charge in [0.1, 0.15) is 37.1 Å². The van der Waals surface area contributed by atoms with E-state index >= 15 is 0 Å². The Morgan fingerprint density at radius 2 is 1.70 bits per heavy atom. The van der Waals surface area contributed by atoms with Crippen molar-refractivity contribution in [3.8, 4) is 41.1 Å². The Morgan fingerprint density at radius 3 is 2.37 bits per heavy atom. The van der Waals surface area contributed by atoms with Gasteiger partial charge in [-0.25, -0.2) is 0 Å². The summed E-state index contributed by atoms with van der Waals surface area (Å²) in [4.78, 5) is 12.0. The molecule has 8 heteroatoms. The number of carbonyl (C=O) groups is 1. The Kier molecular flexibility index (Phi) is 9.16. The molecule has 2 rings (SSSR count). The standard InChI is InChI=1S/C22H25NO7/c1-4-12-29-20-10-9-18(14-21(20)27-3)28-13-11-23-22(25)19(24)15-30-17-7-5-16(26-2)6-8-17/h1,5-10,14,19,24H,11-13,15H2,2-3H3,(H,23,25). The molecule has 2 N–H and O–H groups in total. The maximum atomic E-state index is 12.0. The Bertz CT molecular complexity index is 846. The van der Waals surface area contributed by atoms with Crippen molar-refractivity contribution in [3.63, 3.8) is 0 Å². The van der Waals surface area contributed by atoms with E-state index < -0.39 is 12.0 Å². The van der Waals surface area contributed by atoms with Crippen LogP contribution in [0, 0.1) is 12.3 Å². The van der Waals surface area contributed by atoms with Crippen LogP contribution in [0.15, 0.2) is 42.5 Å². The molecule has 0 radical (unpaired) electrons. The first-order valence-electron chi connectivity index (χ1n) is 9.17. The number of carbonyl (C=O) groups excluding carboxylic acids is 1. The summed E-state index contributed by atoms with van der Waals surface area (Å²) in [6.07, 6.45) is 3.87. The molecule has 0 aromatic heterocycles. The molecule has 0 fully saturated rings. The normalized spacial score (nSPS) is 11.0. The summed E-state index contributed by atoms with van der Waals surface area (Å²) in [5.41, 5.74) is 0. The quantitative estimate of drug-likeness (QED) is 0.402. The summed E-state index contributed by atoms with van der Waals surface area (Å²) in [6.45, 7) is 0.365. The molecule has 0 aliphatic rings. The van der Waals surface area contributed by atoms with E-state index in [9.17, 15) is 9.90 Å². The average Bonchev–Trinajstić information content (AvgIpc) is 2.79. The SMILES string of the molecule is C#CCOc1ccc(OCCNC(=O)C(O)COc2ccc(OC)cc2)cc1OC. The number of nitrogens with one attached hydrogen (secondary N) is 1. The minimum atomic E-state index is -1.31. The summed E-state index contributed by atoms with van der Waals surface area (Å²) in [7, 11) is 3.08. The van der Waals surface area contributed by atoms with E-state index in [1.807, 2.05) is 0 Å². The number of amides is 1.